The highest BCUT2D eigenvalue weighted by molar-refractivity contribution is 7.19. The smallest absolute Gasteiger partial charge is 0.443 e. The summed E-state index contributed by atoms with van der Waals surface area (Å²) < 4.78 is 145. The Morgan fingerprint density at radius 1 is 1.00 bits per heavy atom. The molecular formula is C34H31F10N3O4S. The standard InChI is InChI=1S/C34H31F10N3O4S/c35-21-10-22(26-25(24(21)36)45-28(52-26)33(39,40)41)46-11-19(30(14-46)15-47(16-30)29(50)31(8-9-31)34(42,43)44)13-51-12-18-2-1-3-20(23(18)27(48)49)17-4-6-32(37,38)7-5-17/h1-3,10,17,19H,4-9,11-16H2,(H,48,49)/t19-/m0/s1. The number of rotatable bonds is 8. The summed E-state index contributed by atoms with van der Waals surface area (Å²) in [4.78, 5) is 31.3. The number of carboxylic acids is 1. The molecule has 3 aromatic rings. The fraction of sp³-hybridized carbons (Fsp3) is 0.559. The van der Waals surface area contributed by atoms with Gasteiger partial charge in [0, 0.05) is 56.4 Å². The summed E-state index contributed by atoms with van der Waals surface area (Å²) >= 11 is 0.117. The van der Waals surface area contributed by atoms with Gasteiger partial charge in [-0.05, 0) is 42.7 Å². The van der Waals surface area contributed by atoms with Gasteiger partial charge in [0.1, 0.15) is 10.9 Å². The van der Waals surface area contributed by atoms with Crippen LogP contribution in [0.1, 0.15) is 70.9 Å². The first kappa shape index (κ1) is 36.7. The van der Waals surface area contributed by atoms with Crippen molar-refractivity contribution < 1.29 is 63.3 Å². The number of aromatic nitrogens is 1. The van der Waals surface area contributed by atoms with Crippen LogP contribution in [0.15, 0.2) is 24.3 Å². The van der Waals surface area contributed by atoms with E-state index < -0.39 is 75.0 Å². The quantitative estimate of drug-likeness (QED) is 0.232. The van der Waals surface area contributed by atoms with Crippen LogP contribution in [0.2, 0.25) is 0 Å². The van der Waals surface area contributed by atoms with E-state index in [1.807, 2.05) is 0 Å². The van der Waals surface area contributed by atoms with Crippen molar-refractivity contribution in [2.75, 3.05) is 37.7 Å². The molecule has 18 heteroatoms. The average molecular weight is 768 g/mol. The Labute approximate surface area is 293 Å². The van der Waals surface area contributed by atoms with Crippen molar-refractivity contribution >= 4 is 39.1 Å². The number of alkyl halides is 8. The minimum Gasteiger partial charge on any atom is -0.478 e. The van der Waals surface area contributed by atoms with Gasteiger partial charge in [-0.25, -0.2) is 27.3 Å². The molecule has 1 atom stereocenters. The minimum absolute atomic E-state index is 0.0337. The van der Waals surface area contributed by atoms with Crippen LogP contribution in [0.5, 0.6) is 0 Å². The lowest BCUT2D eigenvalue weighted by Crippen LogP contribution is -2.65. The molecule has 1 amide bonds. The first-order valence-electron chi connectivity index (χ1n) is 16.5. The van der Waals surface area contributed by atoms with E-state index in [9.17, 15) is 58.6 Å². The highest BCUT2D eigenvalue weighted by Gasteiger charge is 2.71. The molecule has 52 heavy (non-hydrogen) atoms. The Bertz CT molecular complexity index is 1910. The zero-order chi connectivity index (χ0) is 37.6. The number of nitrogens with zero attached hydrogens (tertiary/aromatic N) is 3. The van der Waals surface area contributed by atoms with Gasteiger partial charge in [0.15, 0.2) is 16.6 Å². The third-order valence-electron chi connectivity index (χ3n) is 11.1. The van der Waals surface area contributed by atoms with Crippen molar-refractivity contribution in [3.8, 4) is 0 Å². The summed E-state index contributed by atoms with van der Waals surface area (Å²) in [7, 11) is 0. The Morgan fingerprint density at radius 2 is 1.67 bits per heavy atom. The molecule has 2 aliphatic heterocycles. The fourth-order valence-electron chi connectivity index (χ4n) is 8.07. The van der Waals surface area contributed by atoms with Crippen molar-refractivity contribution in [2.24, 2.45) is 16.7 Å². The molecule has 2 aliphatic carbocycles. The Morgan fingerprint density at radius 3 is 2.27 bits per heavy atom. The summed E-state index contributed by atoms with van der Waals surface area (Å²) in [5, 5.41) is 8.71. The third-order valence-corrected chi connectivity index (χ3v) is 12.2. The summed E-state index contributed by atoms with van der Waals surface area (Å²) in [5.41, 5.74) is -3.81. The Balaban J connectivity index is 1.15. The summed E-state index contributed by atoms with van der Waals surface area (Å²) in [5.74, 6) is -9.24. The van der Waals surface area contributed by atoms with E-state index in [0.717, 1.165) is 11.0 Å². The number of halogens is 10. The summed E-state index contributed by atoms with van der Waals surface area (Å²) in [6, 6.07) is 5.42. The molecule has 3 heterocycles. The molecular weight excluding hydrogens is 736 g/mol. The van der Waals surface area contributed by atoms with Gasteiger partial charge in [-0.1, -0.05) is 18.2 Å². The number of hydrogen-bond donors (Lipinski definition) is 1. The van der Waals surface area contributed by atoms with Gasteiger partial charge in [-0.3, -0.25) is 4.79 Å². The molecule has 1 aromatic heterocycles. The average Bonchev–Trinajstić information content (AvgIpc) is 3.60. The molecule has 0 bridgehead atoms. The van der Waals surface area contributed by atoms with Gasteiger partial charge >= 0.3 is 18.3 Å². The highest BCUT2D eigenvalue weighted by Crippen LogP contribution is 2.60. The lowest BCUT2D eigenvalue weighted by atomic mass is 9.71. The van der Waals surface area contributed by atoms with Crippen LogP contribution in [-0.2, 0) is 22.3 Å². The third kappa shape index (κ3) is 6.26. The molecule has 2 saturated heterocycles. The van der Waals surface area contributed by atoms with E-state index in [2.05, 4.69) is 4.98 Å². The number of benzene rings is 2. The maximum absolute atomic E-state index is 14.8. The molecule has 1 N–H and O–H groups in total. The van der Waals surface area contributed by atoms with Gasteiger partial charge in [0.25, 0.3) is 0 Å². The van der Waals surface area contributed by atoms with Crippen LogP contribution in [0.3, 0.4) is 0 Å². The largest absolute Gasteiger partial charge is 0.478 e. The van der Waals surface area contributed by atoms with Crippen molar-refractivity contribution in [1.29, 1.82) is 0 Å². The first-order chi connectivity index (χ1) is 24.3. The second-order valence-corrected chi connectivity index (χ2v) is 15.4. The number of fused-ring (bicyclic) bond motifs is 1. The van der Waals surface area contributed by atoms with Gasteiger partial charge in [0.05, 0.1) is 29.2 Å². The lowest BCUT2D eigenvalue weighted by molar-refractivity contribution is -0.205. The topological polar surface area (TPSA) is 83.0 Å². The second-order valence-electron chi connectivity index (χ2n) is 14.4. The molecule has 4 fully saturated rings. The van der Waals surface area contributed by atoms with E-state index in [0.29, 0.717) is 5.56 Å². The SMILES string of the molecule is O=C(O)c1c(COC[C@@H]2CN(c3cc(F)c(F)c4nc(C(F)(F)F)sc34)CC23CN(C(=O)C2(C(F)(F)F)CC2)C3)cccc1C1CCC(F)(F)CC1. The van der Waals surface area contributed by atoms with Crippen LogP contribution < -0.4 is 4.90 Å². The van der Waals surface area contributed by atoms with E-state index in [-0.39, 0.29) is 111 Å². The van der Waals surface area contributed by atoms with Gasteiger partial charge in [-0.2, -0.15) is 26.3 Å². The minimum atomic E-state index is -4.95. The van der Waals surface area contributed by atoms with E-state index in [4.69, 9.17) is 4.74 Å². The van der Waals surface area contributed by atoms with Crippen LogP contribution in [0.25, 0.3) is 10.2 Å². The molecule has 2 saturated carbocycles. The number of anilines is 1. The summed E-state index contributed by atoms with van der Waals surface area (Å²) in [6.07, 6.45) is -11.0. The zero-order valence-electron chi connectivity index (χ0n) is 27.2. The number of ether oxygens (including phenoxy) is 1. The van der Waals surface area contributed by atoms with E-state index in [1.54, 1.807) is 12.1 Å². The molecule has 7 rings (SSSR count). The molecule has 282 valence electrons. The monoisotopic (exact) mass is 767 g/mol. The number of likely N-dealkylation sites (tertiary alicyclic amines) is 1. The van der Waals surface area contributed by atoms with E-state index >= 15 is 0 Å². The van der Waals surface area contributed by atoms with Crippen LogP contribution >= 0.6 is 11.3 Å². The lowest BCUT2D eigenvalue weighted by Gasteiger charge is -2.52. The molecule has 4 aliphatic rings. The number of carbonyl (C=O) groups is 2. The zero-order valence-corrected chi connectivity index (χ0v) is 28.0. The maximum Gasteiger partial charge on any atom is 0.443 e. The number of amides is 1. The highest BCUT2D eigenvalue weighted by atomic mass is 32.1. The van der Waals surface area contributed by atoms with Gasteiger partial charge < -0.3 is 19.6 Å². The van der Waals surface area contributed by atoms with Gasteiger partial charge in [0.2, 0.25) is 11.8 Å². The van der Waals surface area contributed by atoms with Crippen molar-refractivity contribution in [3.63, 3.8) is 0 Å². The molecule has 7 nitrogen and oxygen atoms in total. The van der Waals surface area contributed by atoms with Gasteiger partial charge in [-0.15, -0.1) is 11.3 Å². The maximum atomic E-state index is 14.8. The number of thiazole rings is 1. The summed E-state index contributed by atoms with van der Waals surface area (Å²) in [6.45, 7) is -0.825. The predicted octanol–water partition coefficient (Wildman–Crippen LogP) is 8.41. The molecule has 0 radical (unpaired) electrons. The predicted molar refractivity (Wildman–Crippen MR) is 166 cm³/mol. The Kier molecular flexibility index (Phi) is 8.78. The van der Waals surface area contributed by atoms with Crippen molar-refractivity contribution in [1.82, 2.24) is 9.88 Å². The fourth-order valence-corrected chi connectivity index (χ4v) is 9.04. The van der Waals surface area contributed by atoms with Crippen molar-refractivity contribution in [2.45, 2.75) is 69.3 Å². The van der Waals surface area contributed by atoms with E-state index in [1.165, 1.54) is 11.0 Å². The second kappa shape index (κ2) is 12.5. The van der Waals surface area contributed by atoms with Crippen molar-refractivity contribution in [3.05, 3.63) is 57.6 Å². The van der Waals surface area contributed by atoms with Crippen LogP contribution in [0.4, 0.5) is 49.6 Å². The molecule has 0 unspecified atom stereocenters. The normalized spacial score (nSPS) is 22.6. The number of hydrogen-bond acceptors (Lipinski definition) is 6. The molecule has 1 spiro atoms. The number of carboxylic acid groups (broad SMARTS) is 1. The Hall–Kier alpha value is -3.67. The van der Waals surface area contributed by atoms with Crippen LogP contribution in [0, 0.1) is 28.4 Å². The molecule has 2 aromatic carbocycles. The van der Waals surface area contributed by atoms with Crippen LogP contribution in [-0.4, -0.2) is 71.8 Å². The number of carbonyl (C=O) groups excluding carboxylic acids is 1. The first-order valence-corrected chi connectivity index (χ1v) is 17.3. The number of aromatic carboxylic acids is 1.